The number of hydrogen-bond acceptors (Lipinski definition) is 3. The van der Waals surface area contributed by atoms with Crippen LogP contribution in [0.3, 0.4) is 0 Å². The molecule has 20 heavy (non-hydrogen) atoms. The van der Waals surface area contributed by atoms with Gasteiger partial charge in [0.1, 0.15) is 0 Å². The molecule has 0 bridgehead atoms. The minimum absolute atomic E-state index is 0.134. The lowest BCUT2D eigenvalue weighted by Gasteiger charge is -2.26. The number of aromatic amines is 1. The van der Waals surface area contributed by atoms with Crippen molar-refractivity contribution in [2.45, 2.75) is 25.7 Å². The molecule has 0 aliphatic heterocycles. The van der Waals surface area contributed by atoms with E-state index >= 15 is 0 Å². The van der Waals surface area contributed by atoms with Gasteiger partial charge in [-0.05, 0) is 18.9 Å². The summed E-state index contributed by atoms with van der Waals surface area (Å²) in [5.41, 5.74) is 1.14. The first-order valence-corrected chi connectivity index (χ1v) is 7.06. The third-order valence-corrected chi connectivity index (χ3v) is 4.31. The number of aliphatic hydroxyl groups is 1. The maximum absolute atomic E-state index is 12.3. The van der Waals surface area contributed by atoms with Crippen molar-refractivity contribution in [1.29, 1.82) is 0 Å². The number of nitrogens with one attached hydrogen (secondary N) is 2. The summed E-state index contributed by atoms with van der Waals surface area (Å²) in [5.74, 6) is -0.179. The van der Waals surface area contributed by atoms with Crippen molar-refractivity contribution in [1.82, 2.24) is 15.5 Å². The molecule has 1 amide bonds. The van der Waals surface area contributed by atoms with E-state index < -0.39 is 0 Å². The topological polar surface area (TPSA) is 78.0 Å². The quantitative estimate of drug-likeness (QED) is 0.795. The molecule has 1 aliphatic carbocycles. The van der Waals surface area contributed by atoms with E-state index in [0.29, 0.717) is 12.2 Å². The van der Waals surface area contributed by atoms with Crippen LogP contribution in [0, 0.1) is 5.41 Å². The van der Waals surface area contributed by atoms with Crippen molar-refractivity contribution >= 4 is 16.8 Å². The lowest BCUT2D eigenvalue weighted by Crippen LogP contribution is -2.38. The minimum Gasteiger partial charge on any atom is -0.396 e. The number of H-pyrrole nitrogens is 1. The number of hydrogen-bond donors (Lipinski definition) is 3. The standard InChI is InChI=1S/C15H19N3O2/c19-10-15(7-3-4-8-15)9-16-14(20)13-11-5-1-2-6-12(11)17-18-13/h1-2,5-6,19H,3-4,7-10H2,(H,16,20)(H,17,18). The summed E-state index contributed by atoms with van der Waals surface area (Å²) in [4.78, 5) is 12.3. The summed E-state index contributed by atoms with van der Waals surface area (Å²) in [6.45, 7) is 0.651. The second-order valence-corrected chi connectivity index (χ2v) is 5.67. The molecule has 1 heterocycles. The molecule has 3 rings (SSSR count). The van der Waals surface area contributed by atoms with Crippen molar-refractivity contribution in [2.24, 2.45) is 5.41 Å². The average Bonchev–Trinajstić information content (AvgIpc) is 3.12. The van der Waals surface area contributed by atoms with Crippen molar-refractivity contribution in [3.05, 3.63) is 30.0 Å². The highest BCUT2D eigenvalue weighted by molar-refractivity contribution is 6.04. The number of rotatable bonds is 4. The van der Waals surface area contributed by atoms with Gasteiger partial charge in [0, 0.05) is 17.3 Å². The zero-order valence-corrected chi connectivity index (χ0v) is 11.4. The summed E-state index contributed by atoms with van der Waals surface area (Å²) in [6.07, 6.45) is 4.21. The van der Waals surface area contributed by atoms with Crippen molar-refractivity contribution in [3.8, 4) is 0 Å². The molecule has 1 aromatic heterocycles. The fourth-order valence-corrected chi connectivity index (χ4v) is 3.00. The summed E-state index contributed by atoms with van der Waals surface area (Å²) in [5, 5.41) is 20.3. The van der Waals surface area contributed by atoms with Crippen molar-refractivity contribution in [2.75, 3.05) is 13.2 Å². The Morgan fingerprint density at radius 2 is 2.10 bits per heavy atom. The van der Waals surface area contributed by atoms with Gasteiger partial charge >= 0.3 is 0 Å². The van der Waals surface area contributed by atoms with Gasteiger partial charge in [0.05, 0.1) is 12.1 Å². The zero-order chi connectivity index (χ0) is 14.0. The summed E-state index contributed by atoms with van der Waals surface area (Å²) < 4.78 is 0. The van der Waals surface area contributed by atoms with Crippen LogP contribution in [0.1, 0.15) is 36.2 Å². The normalized spacial score (nSPS) is 17.4. The molecule has 5 nitrogen and oxygen atoms in total. The van der Waals surface area contributed by atoms with Gasteiger partial charge in [0.15, 0.2) is 5.69 Å². The van der Waals surface area contributed by atoms with Gasteiger partial charge in [0.2, 0.25) is 0 Å². The number of carbonyl (C=O) groups is 1. The number of aliphatic hydroxyl groups excluding tert-OH is 1. The largest absolute Gasteiger partial charge is 0.396 e. The maximum Gasteiger partial charge on any atom is 0.272 e. The molecule has 0 radical (unpaired) electrons. The van der Waals surface area contributed by atoms with Crippen LogP contribution in [-0.4, -0.2) is 34.4 Å². The number of amides is 1. The number of carbonyl (C=O) groups excluding carboxylic acids is 1. The fraction of sp³-hybridized carbons (Fsp3) is 0.467. The van der Waals surface area contributed by atoms with Gasteiger partial charge in [-0.3, -0.25) is 9.89 Å². The predicted molar refractivity (Wildman–Crippen MR) is 76.4 cm³/mol. The van der Waals surface area contributed by atoms with Crippen molar-refractivity contribution < 1.29 is 9.90 Å². The van der Waals surface area contributed by atoms with Crippen LogP contribution < -0.4 is 5.32 Å². The molecule has 3 N–H and O–H groups in total. The Bertz CT molecular complexity index is 614. The lowest BCUT2D eigenvalue weighted by atomic mass is 9.87. The van der Waals surface area contributed by atoms with E-state index in [1.165, 1.54) is 0 Å². The Morgan fingerprint density at radius 3 is 2.85 bits per heavy atom. The van der Waals surface area contributed by atoms with Gasteiger partial charge in [-0.2, -0.15) is 5.10 Å². The van der Waals surface area contributed by atoms with Crippen molar-refractivity contribution in [3.63, 3.8) is 0 Å². The highest BCUT2D eigenvalue weighted by Crippen LogP contribution is 2.36. The van der Waals surface area contributed by atoms with Gasteiger partial charge in [0.25, 0.3) is 5.91 Å². The molecule has 0 atom stereocenters. The SMILES string of the molecule is O=C(NCC1(CO)CCCC1)c1n[nH]c2ccccc12. The fourth-order valence-electron chi connectivity index (χ4n) is 3.00. The molecular formula is C15H19N3O2. The van der Waals surface area contributed by atoms with E-state index in [-0.39, 0.29) is 17.9 Å². The molecular weight excluding hydrogens is 254 g/mol. The Morgan fingerprint density at radius 1 is 1.35 bits per heavy atom. The van der Waals surface area contributed by atoms with Crippen LogP contribution in [0.25, 0.3) is 10.9 Å². The summed E-state index contributed by atoms with van der Waals surface area (Å²) in [7, 11) is 0. The molecule has 1 aromatic carbocycles. The molecule has 0 spiro atoms. The second kappa shape index (κ2) is 5.25. The second-order valence-electron chi connectivity index (χ2n) is 5.67. The Balaban J connectivity index is 1.73. The summed E-state index contributed by atoms with van der Waals surface area (Å²) in [6, 6.07) is 7.57. The molecule has 0 unspecified atom stereocenters. The molecule has 2 aromatic rings. The van der Waals surface area contributed by atoms with E-state index in [0.717, 1.165) is 36.6 Å². The van der Waals surface area contributed by atoms with E-state index in [2.05, 4.69) is 15.5 Å². The molecule has 106 valence electrons. The Kier molecular flexibility index (Phi) is 3.44. The number of para-hydroxylation sites is 1. The monoisotopic (exact) mass is 273 g/mol. The highest BCUT2D eigenvalue weighted by Gasteiger charge is 2.33. The summed E-state index contributed by atoms with van der Waals surface area (Å²) >= 11 is 0. The molecule has 1 fully saturated rings. The Hall–Kier alpha value is -1.88. The van der Waals surface area contributed by atoms with Gasteiger partial charge in [-0.15, -0.1) is 0 Å². The number of benzene rings is 1. The smallest absolute Gasteiger partial charge is 0.272 e. The van der Waals surface area contributed by atoms with Crippen LogP contribution in [-0.2, 0) is 0 Å². The highest BCUT2D eigenvalue weighted by atomic mass is 16.3. The zero-order valence-electron chi connectivity index (χ0n) is 11.4. The molecule has 1 aliphatic rings. The van der Waals surface area contributed by atoms with Crippen LogP contribution in [0.15, 0.2) is 24.3 Å². The van der Waals surface area contributed by atoms with Crippen LogP contribution in [0.4, 0.5) is 0 Å². The average molecular weight is 273 g/mol. The predicted octanol–water partition coefficient (Wildman–Crippen LogP) is 1.85. The van der Waals surface area contributed by atoms with Gasteiger partial charge in [-0.25, -0.2) is 0 Å². The molecule has 1 saturated carbocycles. The lowest BCUT2D eigenvalue weighted by molar-refractivity contribution is 0.0877. The first-order chi connectivity index (χ1) is 9.74. The van der Waals surface area contributed by atoms with Crippen LogP contribution in [0.5, 0.6) is 0 Å². The molecule has 5 heteroatoms. The molecule has 0 saturated heterocycles. The van der Waals surface area contributed by atoms with Crippen LogP contribution in [0.2, 0.25) is 0 Å². The number of nitrogens with zero attached hydrogens (tertiary/aromatic N) is 1. The van der Waals surface area contributed by atoms with Crippen LogP contribution >= 0.6 is 0 Å². The Labute approximate surface area is 117 Å². The van der Waals surface area contributed by atoms with E-state index in [1.807, 2.05) is 24.3 Å². The number of fused-ring (bicyclic) bond motifs is 1. The van der Waals surface area contributed by atoms with Gasteiger partial charge in [-0.1, -0.05) is 31.0 Å². The van der Waals surface area contributed by atoms with Gasteiger partial charge < -0.3 is 10.4 Å². The third kappa shape index (κ3) is 2.29. The third-order valence-electron chi connectivity index (χ3n) is 4.31. The van der Waals surface area contributed by atoms with E-state index in [4.69, 9.17) is 0 Å². The number of aromatic nitrogens is 2. The van der Waals surface area contributed by atoms with E-state index in [9.17, 15) is 9.90 Å². The minimum atomic E-state index is -0.179. The first kappa shape index (κ1) is 13.1. The van der Waals surface area contributed by atoms with E-state index in [1.54, 1.807) is 0 Å². The maximum atomic E-state index is 12.3. The first-order valence-electron chi connectivity index (χ1n) is 7.06.